The molecule has 5 heteroatoms. The van der Waals surface area contributed by atoms with Gasteiger partial charge in [0.05, 0.1) is 6.54 Å². The van der Waals surface area contributed by atoms with Crippen molar-refractivity contribution in [2.75, 3.05) is 26.7 Å². The van der Waals surface area contributed by atoms with E-state index in [9.17, 15) is 9.59 Å². The molecule has 0 aliphatic heterocycles. The number of carbonyl (C=O) groups is 2. The van der Waals surface area contributed by atoms with Crippen molar-refractivity contribution < 1.29 is 9.59 Å². The number of nitrogens with zero attached hydrogens (tertiary/aromatic N) is 2. The summed E-state index contributed by atoms with van der Waals surface area (Å²) in [5.41, 5.74) is 6.59. The third kappa shape index (κ3) is 5.40. The van der Waals surface area contributed by atoms with E-state index >= 15 is 0 Å². The van der Waals surface area contributed by atoms with Crippen LogP contribution in [0.15, 0.2) is 30.3 Å². The zero-order valence-corrected chi connectivity index (χ0v) is 12.2. The number of nitrogens with two attached hydrogens (primary N) is 1. The Kier molecular flexibility index (Phi) is 6.73. The SMILES string of the molecule is CC(=O)N(C)CC(=O)N(CCCN)Cc1ccccc1. The highest BCUT2D eigenvalue weighted by molar-refractivity contribution is 5.83. The molecule has 1 aromatic carbocycles. The van der Waals surface area contributed by atoms with Gasteiger partial charge in [-0.3, -0.25) is 9.59 Å². The minimum atomic E-state index is -0.114. The van der Waals surface area contributed by atoms with Crippen LogP contribution in [-0.2, 0) is 16.1 Å². The Hall–Kier alpha value is -1.88. The van der Waals surface area contributed by atoms with Crippen LogP contribution in [0.25, 0.3) is 0 Å². The molecule has 0 bridgehead atoms. The van der Waals surface area contributed by atoms with Crippen molar-refractivity contribution in [3.05, 3.63) is 35.9 Å². The van der Waals surface area contributed by atoms with Gasteiger partial charge in [0.25, 0.3) is 0 Å². The fraction of sp³-hybridized carbons (Fsp3) is 0.467. The predicted molar refractivity (Wildman–Crippen MR) is 78.8 cm³/mol. The van der Waals surface area contributed by atoms with Gasteiger partial charge in [0.1, 0.15) is 0 Å². The first kappa shape index (κ1) is 16.2. The molecule has 0 fully saturated rings. The first-order valence-corrected chi connectivity index (χ1v) is 6.78. The second-order valence-electron chi connectivity index (χ2n) is 4.82. The molecule has 1 aromatic rings. The van der Waals surface area contributed by atoms with E-state index in [1.807, 2.05) is 30.3 Å². The van der Waals surface area contributed by atoms with Gasteiger partial charge in [0.2, 0.25) is 11.8 Å². The van der Waals surface area contributed by atoms with E-state index in [1.54, 1.807) is 11.9 Å². The molecule has 0 aliphatic rings. The van der Waals surface area contributed by atoms with Crippen LogP contribution in [0.1, 0.15) is 18.9 Å². The van der Waals surface area contributed by atoms with Crippen molar-refractivity contribution in [1.29, 1.82) is 0 Å². The number of hydrogen-bond acceptors (Lipinski definition) is 3. The zero-order valence-electron chi connectivity index (χ0n) is 12.2. The normalized spacial score (nSPS) is 10.2. The van der Waals surface area contributed by atoms with E-state index in [2.05, 4.69) is 0 Å². The van der Waals surface area contributed by atoms with Crippen molar-refractivity contribution in [1.82, 2.24) is 9.80 Å². The molecule has 20 heavy (non-hydrogen) atoms. The highest BCUT2D eigenvalue weighted by Crippen LogP contribution is 2.06. The molecule has 0 aromatic heterocycles. The number of amides is 2. The molecule has 0 unspecified atom stereocenters. The van der Waals surface area contributed by atoms with Crippen molar-refractivity contribution in [3.8, 4) is 0 Å². The van der Waals surface area contributed by atoms with E-state index in [-0.39, 0.29) is 18.4 Å². The molecule has 1 rings (SSSR count). The third-order valence-electron chi connectivity index (χ3n) is 3.11. The first-order valence-electron chi connectivity index (χ1n) is 6.78. The molecule has 0 saturated heterocycles. The van der Waals surface area contributed by atoms with Crippen LogP contribution in [0.5, 0.6) is 0 Å². The number of hydrogen-bond donors (Lipinski definition) is 1. The molecular formula is C15H23N3O2. The van der Waals surface area contributed by atoms with Crippen molar-refractivity contribution in [2.45, 2.75) is 19.9 Å². The van der Waals surface area contributed by atoms with Crippen molar-refractivity contribution in [3.63, 3.8) is 0 Å². The topological polar surface area (TPSA) is 66.6 Å². The van der Waals surface area contributed by atoms with Gasteiger partial charge in [-0.15, -0.1) is 0 Å². The van der Waals surface area contributed by atoms with Gasteiger partial charge < -0.3 is 15.5 Å². The predicted octanol–water partition coefficient (Wildman–Crippen LogP) is 0.842. The third-order valence-corrected chi connectivity index (χ3v) is 3.11. The Morgan fingerprint density at radius 2 is 1.85 bits per heavy atom. The lowest BCUT2D eigenvalue weighted by molar-refractivity contribution is -0.138. The Morgan fingerprint density at radius 3 is 2.40 bits per heavy atom. The van der Waals surface area contributed by atoms with Crippen LogP contribution in [0, 0.1) is 0 Å². The molecule has 110 valence electrons. The van der Waals surface area contributed by atoms with Crippen LogP contribution in [-0.4, -0.2) is 48.3 Å². The number of benzene rings is 1. The Bertz CT molecular complexity index is 434. The molecule has 2 N–H and O–H groups in total. The van der Waals surface area contributed by atoms with Crippen LogP contribution >= 0.6 is 0 Å². The lowest BCUT2D eigenvalue weighted by atomic mass is 10.2. The van der Waals surface area contributed by atoms with Gasteiger partial charge >= 0.3 is 0 Å². The molecule has 0 aliphatic carbocycles. The molecule has 5 nitrogen and oxygen atoms in total. The highest BCUT2D eigenvalue weighted by atomic mass is 16.2. The minimum Gasteiger partial charge on any atom is -0.337 e. The van der Waals surface area contributed by atoms with Gasteiger partial charge in [-0.1, -0.05) is 30.3 Å². The molecule has 0 radical (unpaired) electrons. The molecule has 0 heterocycles. The maximum Gasteiger partial charge on any atom is 0.242 e. The van der Waals surface area contributed by atoms with Gasteiger partial charge in [0.15, 0.2) is 0 Å². The average molecular weight is 277 g/mol. The van der Waals surface area contributed by atoms with Gasteiger partial charge in [0, 0.05) is 27.1 Å². The molecule has 0 spiro atoms. The molecule has 0 atom stereocenters. The minimum absolute atomic E-state index is 0.0556. The summed E-state index contributed by atoms with van der Waals surface area (Å²) in [6.07, 6.45) is 0.752. The highest BCUT2D eigenvalue weighted by Gasteiger charge is 2.16. The molecule has 2 amide bonds. The summed E-state index contributed by atoms with van der Waals surface area (Å²) in [5, 5.41) is 0. The molecule has 0 saturated carbocycles. The number of rotatable bonds is 7. The van der Waals surface area contributed by atoms with E-state index in [4.69, 9.17) is 5.73 Å². The van der Waals surface area contributed by atoms with Crippen molar-refractivity contribution in [2.24, 2.45) is 5.73 Å². The summed E-state index contributed by atoms with van der Waals surface area (Å²) in [7, 11) is 1.63. The average Bonchev–Trinajstić information content (AvgIpc) is 2.44. The quantitative estimate of drug-likeness (QED) is 0.803. The van der Waals surface area contributed by atoms with Gasteiger partial charge in [-0.2, -0.15) is 0 Å². The summed E-state index contributed by atoms with van der Waals surface area (Å²) in [6, 6.07) is 9.80. The van der Waals surface area contributed by atoms with Crippen LogP contribution in [0.3, 0.4) is 0 Å². The Morgan fingerprint density at radius 1 is 1.20 bits per heavy atom. The van der Waals surface area contributed by atoms with E-state index in [0.717, 1.165) is 12.0 Å². The van der Waals surface area contributed by atoms with Gasteiger partial charge in [-0.25, -0.2) is 0 Å². The second-order valence-corrected chi connectivity index (χ2v) is 4.82. The summed E-state index contributed by atoms with van der Waals surface area (Å²) in [5.74, 6) is -0.170. The Balaban J connectivity index is 2.67. The maximum absolute atomic E-state index is 12.3. The smallest absolute Gasteiger partial charge is 0.242 e. The molecular weight excluding hydrogens is 254 g/mol. The van der Waals surface area contributed by atoms with Crippen molar-refractivity contribution >= 4 is 11.8 Å². The van der Waals surface area contributed by atoms with E-state index < -0.39 is 0 Å². The number of carbonyl (C=O) groups excluding carboxylic acids is 2. The fourth-order valence-corrected chi connectivity index (χ4v) is 1.79. The van der Waals surface area contributed by atoms with Gasteiger partial charge in [-0.05, 0) is 18.5 Å². The summed E-state index contributed by atoms with van der Waals surface area (Å²) in [4.78, 5) is 26.6. The summed E-state index contributed by atoms with van der Waals surface area (Å²) in [6.45, 7) is 3.25. The second kappa shape index (κ2) is 8.32. The zero-order chi connectivity index (χ0) is 15.0. The lowest BCUT2D eigenvalue weighted by Crippen LogP contribution is -2.41. The monoisotopic (exact) mass is 277 g/mol. The largest absolute Gasteiger partial charge is 0.337 e. The standard InChI is InChI=1S/C15H23N3O2/c1-13(19)17(2)12-15(20)18(10-6-9-16)11-14-7-4-3-5-8-14/h3-5,7-8H,6,9-12,16H2,1-2H3. The van der Waals surface area contributed by atoms with E-state index in [0.29, 0.717) is 19.6 Å². The van der Waals surface area contributed by atoms with Crippen LogP contribution < -0.4 is 5.73 Å². The first-order chi connectivity index (χ1) is 9.54. The summed E-state index contributed by atoms with van der Waals surface area (Å²) < 4.78 is 0. The summed E-state index contributed by atoms with van der Waals surface area (Å²) >= 11 is 0. The Labute approximate surface area is 120 Å². The fourth-order valence-electron chi connectivity index (χ4n) is 1.79. The number of likely N-dealkylation sites (N-methyl/N-ethyl adjacent to an activating group) is 1. The lowest BCUT2D eigenvalue weighted by Gasteiger charge is -2.25. The van der Waals surface area contributed by atoms with Crippen LogP contribution in [0.2, 0.25) is 0 Å². The van der Waals surface area contributed by atoms with E-state index in [1.165, 1.54) is 11.8 Å². The van der Waals surface area contributed by atoms with Crippen LogP contribution in [0.4, 0.5) is 0 Å². The maximum atomic E-state index is 12.3.